The maximum atomic E-state index is 11.9. The smallest absolute Gasteiger partial charge is 0.343 e. The van der Waals surface area contributed by atoms with Crippen molar-refractivity contribution in [2.45, 2.75) is 39.2 Å². The summed E-state index contributed by atoms with van der Waals surface area (Å²) in [4.78, 5) is 25.4. The van der Waals surface area contributed by atoms with Crippen molar-refractivity contribution in [3.8, 4) is 0 Å². The summed E-state index contributed by atoms with van der Waals surface area (Å²) >= 11 is 1.70. The topological polar surface area (TPSA) is 79.7 Å². The quantitative estimate of drug-likeness (QED) is 0.788. The zero-order valence-corrected chi connectivity index (χ0v) is 14.6. The Bertz CT molecular complexity index is 926. The van der Waals surface area contributed by atoms with Crippen LogP contribution in [0.5, 0.6) is 0 Å². The van der Waals surface area contributed by atoms with Crippen molar-refractivity contribution < 1.29 is 0 Å². The third-order valence-corrected chi connectivity index (χ3v) is 5.58. The predicted molar refractivity (Wildman–Crippen MR) is 94.9 cm³/mol. The molecule has 1 fully saturated rings. The van der Waals surface area contributed by atoms with E-state index < -0.39 is 0 Å². The number of H-pyrrole nitrogens is 1. The van der Waals surface area contributed by atoms with Crippen molar-refractivity contribution in [3.05, 3.63) is 33.6 Å². The molecule has 4 rings (SSSR count). The molecule has 3 aromatic heterocycles. The zero-order chi connectivity index (χ0) is 16.7. The van der Waals surface area contributed by atoms with Gasteiger partial charge in [-0.3, -0.25) is 4.57 Å². The van der Waals surface area contributed by atoms with Gasteiger partial charge in [-0.15, -0.1) is 11.3 Å². The fourth-order valence-electron chi connectivity index (χ4n) is 3.54. The third kappa shape index (κ3) is 2.50. The van der Waals surface area contributed by atoms with Crippen LogP contribution in [0.1, 0.15) is 36.4 Å². The number of hydrogen-bond acceptors (Lipinski definition) is 6. The third-order valence-electron chi connectivity index (χ3n) is 4.62. The second-order valence-electron chi connectivity index (χ2n) is 6.19. The number of rotatable bonds is 3. The minimum atomic E-state index is -0.123. The minimum Gasteiger partial charge on any atom is -0.355 e. The van der Waals surface area contributed by atoms with Gasteiger partial charge in [-0.25, -0.2) is 19.9 Å². The summed E-state index contributed by atoms with van der Waals surface area (Å²) in [6.45, 7) is 6.51. The minimum absolute atomic E-state index is 0.123. The van der Waals surface area contributed by atoms with Crippen molar-refractivity contribution in [1.29, 1.82) is 0 Å². The molecule has 7 nitrogen and oxygen atoms in total. The van der Waals surface area contributed by atoms with E-state index in [1.54, 1.807) is 22.2 Å². The predicted octanol–water partition coefficient (Wildman–Crippen LogP) is 2.29. The Hall–Kier alpha value is -2.22. The van der Waals surface area contributed by atoms with E-state index in [2.05, 4.69) is 38.1 Å². The number of aromatic amines is 1. The number of hydrogen-bond donors (Lipinski definition) is 1. The Kier molecular flexibility index (Phi) is 3.84. The Morgan fingerprint density at radius 3 is 3.12 bits per heavy atom. The molecule has 3 aromatic rings. The van der Waals surface area contributed by atoms with Crippen molar-refractivity contribution in [1.82, 2.24) is 24.7 Å². The Morgan fingerprint density at radius 1 is 1.42 bits per heavy atom. The molecule has 0 aliphatic carbocycles. The highest BCUT2D eigenvalue weighted by Gasteiger charge is 2.27. The molecule has 1 aliphatic heterocycles. The maximum Gasteiger partial charge on any atom is 0.343 e. The molecule has 8 heteroatoms. The summed E-state index contributed by atoms with van der Waals surface area (Å²) in [5, 5.41) is 7.98. The molecule has 1 atom stereocenters. The molecule has 1 aliphatic rings. The van der Waals surface area contributed by atoms with Crippen LogP contribution in [0, 0.1) is 6.92 Å². The van der Waals surface area contributed by atoms with Gasteiger partial charge in [0.1, 0.15) is 22.8 Å². The van der Waals surface area contributed by atoms with E-state index >= 15 is 0 Å². The second-order valence-corrected chi connectivity index (χ2v) is 7.42. The van der Waals surface area contributed by atoms with Crippen LogP contribution in [0.3, 0.4) is 0 Å². The number of fused-ring (bicyclic) bond motifs is 1. The van der Waals surface area contributed by atoms with Crippen LogP contribution >= 0.6 is 11.3 Å². The molecule has 0 unspecified atom stereocenters. The normalized spacial score (nSPS) is 18.4. The SMILES string of the molecule is CCn1c([C@@H]2CCCN(c3ncnc4sc(C)cc34)C2)n[nH]c1=O. The molecule has 126 valence electrons. The number of anilines is 1. The summed E-state index contributed by atoms with van der Waals surface area (Å²) in [6.07, 6.45) is 3.75. The fourth-order valence-corrected chi connectivity index (χ4v) is 4.38. The Balaban J connectivity index is 1.68. The average molecular weight is 344 g/mol. The van der Waals surface area contributed by atoms with E-state index in [9.17, 15) is 4.79 Å². The molecule has 0 bridgehead atoms. The first kappa shape index (κ1) is 15.3. The molecule has 0 spiro atoms. The van der Waals surface area contributed by atoms with Crippen molar-refractivity contribution >= 4 is 27.4 Å². The molecular formula is C16H20N6OS. The number of piperidine rings is 1. The highest BCUT2D eigenvalue weighted by atomic mass is 32.1. The van der Waals surface area contributed by atoms with Crippen LogP contribution in [0.25, 0.3) is 10.2 Å². The van der Waals surface area contributed by atoms with Crippen molar-refractivity contribution in [2.24, 2.45) is 0 Å². The van der Waals surface area contributed by atoms with Gasteiger partial charge in [0.2, 0.25) is 0 Å². The first-order valence-electron chi connectivity index (χ1n) is 8.28. The molecule has 24 heavy (non-hydrogen) atoms. The number of aryl methyl sites for hydroxylation is 1. The van der Waals surface area contributed by atoms with Gasteiger partial charge in [0.25, 0.3) is 0 Å². The molecule has 1 saturated heterocycles. The summed E-state index contributed by atoms with van der Waals surface area (Å²) in [5.41, 5.74) is -0.123. The largest absolute Gasteiger partial charge is 0.355 e. The van der Waals surface area contributed by atoms with E-state index in [0.29, 0.717) is 6.54 Å². The van der Waals surface area contributed by atoms with E-state index in [0.717, 1.165) is 47.8 Å². The van der Waals surface area contributed by atoms with Crippen LogP contribution < -0.4 is 10.6 Å². The lowest BCUT2D eigenvalue weighted by Crippen LogP contribution is -2.36. The number of aromatic nitrogens is 5. The molecule has 0 amide bonds. The Morgan fingerprint density at radius 2 is 2.29 bits per heavy atom. The van der Waals surface area contributed by atoms with Gasteiger partial charge in [-0.2, -0.15) is 5.10 Å². The summed E-state index contributed by atoms with van der Waals surface area (Å²) in [5.74, 6) is 2.09. The van der Waals surface area contributed by atoms with Crippen LogP contribution in [-0.2, 0) is 6.54 Å². The van der Waals surface area contributed by atoms with E-state index in [1.807, 2.05) is 6.92 Å². The van der Waals surface area contributed by atoms with Gasteiger partial charge in [-0.05, 0) is 32.8 Å². The first-order valence-corrected chi connectivity index (χ1v) is 9.10. The van der Waals surface area contributed by atoms with Gasteiger partial charge in [0.05, 0.1) is 5.39 Å². The van der Waals surface area contributed by atoms with Crippen LogP contribution in [0.4, 0.5) is 5.82 Å². The molecule has 0 radical (unpaired) electrons. The molecule has 0 saturated carbocycles. The standard InChI is InChI=1S/C16H20N6OS/c1-3-22-13(19-20-16(22)23)11-5-4-6-21(8-11)14-12-7-10(2)24-15(12)18-9-17-14/h7,9,11H,3-6,8H2,1-2H3,(H,20,23)/t11-/m1/s1. The Labute approximate surface area is 143 Å². The van der Waals surface area contributed by atoms with Gasteiger partial charge in [0.15, 0.2) is 0 Å². The lowest BCUT2D eigenvalue weighted by molar-refractivity contribution is 0.470. The van der Waals surface area contributed by atoms with Crippen LogP contribution in [-0.4, -0.2) is 37.8 Å². The van der Waals surface area contributed by atoms with E-state index in [1.165, 1.54) is 4.88 Å². The van der Waals surface area contributed by atoms with Gasteiger partial charge < -0.3 is 4.90 Å². The highest BCUT2D eigenvalue weighted by Crippen LogP contribution is 2.33. The van der Waals surface area contributed by atoms with Gasteiger partial charge in [0, 0.05) is 30.4 Å². The fraction of sp³-hybridized carbons (Fsp3) is 0.500. The second kappa shape index (κ2) is 6.01. The monoisotopic (exact) mass is 344 g/mol. The highest BCUT2D eigenvalue weighted by molar-refractivity contribution is 7.18. The van der Waals surface area contributed by atoms with E-state index in [4.69, 9.17) is 0 Å². The lowest BCUT2D eigenvalue weighted by atomic mass is 9.97. The molecular weight excluding hydrogens is 324 g/mol. The lowest BCUT2D eigenvalue weighted by Gasteiger charge is -2.33. The first-order chi connectivity index (χ1) is 11.7. The van der Waals surface area contributed by atoms with Crippen LogP contribution in [0.2, 0.25) is 0 Å². The van der Waals surface area contributed by atoms with Gasteiger partial charge in [-0.1, -0.05) is 0 Å². The average Bonchev–Trinajstić information content (AvgIpc) is 3.15. The summed E-state index contributed by atoms with van der Waals surface area (Å²) in [7, 11) is 0. The number of thiophene rings is 1. The van der Waals surface area contributed by atoms with Crippen LogP contribution in [0.15, 0.2) is 17.2 Å². The van der Waals surface area contributed by atoms with Crippen molar-refractivity contribution in [2.75, 3.05) is 18.0 Å². The molecule has 0 aromatic carbocycles. The van der Waals surface area contributed by atoms with Gasteiger partial charge >= 0.3 is 5.69 Å². The number of nitrogens with one attached hydrogen (secondary N) is 1. The maximum absolute atomic E-state index is 11.9. The summed E-state index contributed by atoms with van der Waals surface area (Å²) < 4.78 is 1.73. The molecule has 1 N–H and O–H groups in total. The van der Waals surface area contributed by atoms with E-state index in [-0.39, 0.29) is 11.6 Å². The van der Waals surface area contributed by atoms with Crippen molar-refractivity contribution in [3.63, 3.8) is 0 Å². The zero-order valence-electron chi connectivity index (χ0n) is 13.8. The molecule has 4 heterocycles. The summed E-state index contributed by atoms with van der Waals surface area (Å²) in [6, 6.07) is 2.16. The number of nitrogens with zero attached hydrogens (tertiary/aromatic N) is 5.